The number of ether oxygens (including phenoxy) is 1. The van der Waals surface area contributed by atoms with Crippen LogP contribution in [0.25, 0.3) is 0 Å². The molecule has 0 radical (unpaired) electrons. The fraction of sp³-hybridized carbons (Fsp3) is 0.417. The largest absolute Gasteiger partial charge is 0.478 e. The summed E-state index contributed by atoms with van der Waals surface area (Å²) in [7, 11) is 0. The monoisotopic (exact) mass is 284 g/mol. The number of carbonyl (C=O) groups is 1. The second kappa shape index (κ2) is 5.04. The molecule has 20 heavy (non-hydrogen) atoms. The van der Waals surface area contributed by atoms with Gasteiger partial charge in [-0.05, 0) is 13.3 Å². The summed E-state index contributed by atoms with van der Waals surface area (Å²) >= 11 is 0. The van der Waals surface area contributed by atoms with Crippen molar-refractivity contribution < 1.29 is 24.0 Å². The SMILES string of the molecule is CC1(Nc2cc(F)c(C(=O)O)cc2[N+](=O)[O-])CCOC1. The molecule has 1 aliphatic rings. The van der Waals surface area contributed by atoms with Crippen LogP contribution in [-0.2, 0) is 4.74 Å². The lowest BCUT2D eigenvalue weighted by Gasteiger charge is -2.24. The average molecular weight is 284 g/mol. The zero-order valence-corrected chi connectivity index (χ0v) is 10.7. The number of nitro groups is 1. The van der Waals surface area contributed by atoms with Gasteiger partial charge in [0.15, 0.2) is 0 Å². The summed E-state index contributed by atoms with van der Waals surface area (Å²) in [5.74, 6) is -2.57. The molecule has 0 spiro atoms. The Kier molecular flexibility index (Phi) is 3.58. The molecular formula is C12H13FN2O5. The maximum Gasteiger partial charge on any atom is 0.338 e. The van der Waals surface area contributed by atoms with Crippen molar-refractivity contribution in [2.45, 2.75) is 18.9 Å². The number of nitro benzene ring substituents is 1. The van der Waals surface area contributed by atoms with E-state index in [1.54, 1.807) is 6.92 Å². The van der Waals surface area contributed by atoms with E-state index in [0.717, 1.165) is 12.1 Å². The van der Waals surface area contributed by atoms with E-state index in [4.69, 9.17) is 9.84 Å². The van der Waals surface area contributed by atoms with Gasteiger partial charge in [-0.3, -0.25) is 10.1 Å². The lowest BCUT2D eigenvalue weighted by Crippen LogP contribution is -2.35. The Bertz CT molecular complexity index is 569. The van der Waals surface area contributed by atoms with Crippen LogP contribution < -0.4 is 5.32 Å². The van der Waals surface area contributed by atoms with Crippen molar-refractivity contribution in [1.29, 1.82) is 0 Å². The van der Waals surface area contributed by atoms with Crippen LogP contribution in [0, 0.1) is 15.9 Å². The third-order valence-corrected chi connectivity index (χ3v) is 3.17. The fourth-order valence-corrected chi connectivity index (χ4v) is 2.07. The molecule has 0 amide bonds. The molecule has 2 N–H and O–H groups in total. The van der Waals surface area contributed by atoms with Gasteiger partial charge in [0.1, 0.15) is 17.1 Å². The van der Waals surface area contributed by atoms with Gasteiger partial charge < -0.3 is 15.2 Å². The molecule has 1 aliphatic heterocycles. The second-order valence-electron chi connectivity index (χ2n) is 4.90. The van der Waals surface area contributed by atoms with Gasteiger partial charge in [0.05, 0.1) is 17.1 Å². The molecule has 1 heterocycles. The van der Waals surface area contributed by atoms with Gasteiger partial charge in [0, 0.05) is 18.7 Å². The average Bonchev–Trinajstić information content (AvgIpc) is 2.74. The minimum atomic E-state index is -1.55. The first kappa shape index (κ1) is 14.2. The van der Waals surface area contributed by atoms with E-state index in [-0.39, 0.29) is 5.69 Å². The third-order valence-electron chi connectivity index (χ3n) is 3.17. The smallest absolute Gasteiger partial charge is 0.338 e. The van der Waals surface area contributed by atoms with Gasteiger partial charge >= 0.3 is 5.97 Å². The molecule has 1 fully saturated rings. The summed E-state index contributed by atoms with van der Waals surface area (Å²) in [6, 6.07) is 1.56. The first-order valence-corrected chi connectivity index (χ1v) is 5.89. The Morgan fingerprint density at radius 2 is 2.30 bits per heavy atom. The van der Waals surface area contributed by atoms with Crippen molar-refractivity contribution in [1.82, 2.24) is 0 Å². The third kappa shape index (κ3) is 2.69. The molecule has 8 heteroatoms. The fourth-order valence-electron chi connectivity index (χ4n) is 2.07. The van der Waals surface area contributed by atoms with Gasteiger partial charge in [-0.25, -0.2) is 9.18 Å². The minimum Gasteiger partial charge on any atom is -0.478 e. The topological polar surface area (TPSA) is 102 Å². The van der Waals surface area contributed by atoms with Gasteiger partial charge in [0.25, 0.3) is 5.69 Å². The van der Waals surface area contributed by atoms with E-state index in [2.05, 4.69) is 5.32 Å². The molecule has 0 bridgehead atoms. The van der Waals surface area contributed by atoms with Crippen molar-refractivity contribution in [2.75, 3.05) is 18.5 Å². The van der Waals surface area contributed by atoms with Crippen LogP contribution in [0.5, 0.6) is 0 Å². The highest BCUT2D eigenvalue weighted by molar-refractivity contribution is 5.90. The Hall–Kier alpha value is -2.22. The molecule has 1 saturated heterocycles. The number of halogens is 1. The maximum atomic E-state index is 13.7. The van der Waals surface area contributed by atoms with Crippen LogP contribution in [0.2, 0.25) is 0 Å². The normalized spacial score (nSPS) is 21.7. The summed E-state index contributed by atoms with van der Waals surface area (Å²) < 4.78 is 18.9. The van der Waals surface area contributed by atoms with Crippen LogP contribution in [0.3, 0.4) is 0 Å². The highest BCUT2D eigenvalue weighted by Crippen LogP contribution is 2.32. The van der Waals surface area contributed by atoms with E-state index in [1.807, 2.05) is 0 Å². The predicted octanol–water partition coefficient (Wildman–Crippen LogP) is 2.02. The van der Waals surface area contributed by atoms with Crippen LogP contribution in [-0.4, -0.2) is 34.8 Å². The van der Waals surface area contributed by atoms with E-state index in [9.17, 15) is 19.3 Å². The van der Waals surface area contributed by atoms with Crippen molar-refractivity contribution in [3.8, 4) is 0 Å². The van der Waals surface area contributed by atoms with Gasteiger partial charge in [-0.2, -0.15) is 0 Å². The highest BCUT2D eigenvalue weighted by Gasteiger charge is 2.32. The molecule has 0 saturated carbocycles. The number of nitrogens with one attached hydrogen (secondary N) is 1. The van der Waals surface area contributed by atoms with Gasteiger partial charge in [-0.15, -0.1) is 0 Å². The lowest BCUT2D eigenvalue weighted by atomic mass is 10.0. The standard InChI is InChI=1S/C12H13FN2O5/c1-12(2-3-20-6-12)14-9-5-8(13)7(11(16)17)4-10(9)15(18)19/h4-5,14H,2-3,6H2,1H3,(H,16,17). The van der Waals surface area contributed by atoms with E-state index >= 15 is 0 Å². The molecular weight excluding hydrogens is 271 g/mol. The van der Waals surface area contributed by atoms with E-state index in [0.29, 0.717) is 19.6 Å². The zero-order valence-electron chi connectivity index (χ0n) is 10.7. The number of carboxylic acids is 1. The number of anilines is 1. The number of rotatable bonds is 4. The molecule has 2 rings (SSSR count). The van der Waals surface area contributed by atoms with Crippen molar-refractivity contribution >= 4 is 17.3 Å². The second-order valence-corrected chi connectivity index (χ2v) is 4.90. The number of benzene rings is 1. The molecule has 7 nitrogen and oxygen atoms in total. The summed E-state index contributed by atoms with van der Waals surface area (Å²) in [6.45, 7) is 2.65. The quantitative estimate of drug-likeness (QED) is 0.648. The van der Waals surface area contributed by atoms with Crippen LogP contribution in [0.4, 0.5) is 15.8 Å². The maximum absolute atomic E-state index is 13.7. The Morgan fingerprint density at radius 1 is 1.60 bits per heavy atom. The zero-order chi connectivity index (χ0) is 14.9. The molecule has 1 unspecified atom stereocenters. The Labute approximate surface area is 113 Å². The van der Waals surface area contributed by atoms with Crippen LogP contribution >= 0.6 is 0 Å². The molecule has 0 aliphatic carbocycles. The number of hydrogen-bond donors (Lipinski definition) is 2. The number of nitrogens with zero attached hydrogens (tertiary/aromatic N) is 1. The molecule has 1 aromatic carbocycles. The van der Waals surface area contributed by atoms with Crippen LogP contribution in [0.1, 0.15) is 23.7 Å². The molecule has 0 aromatic heterocycles. The van der Waals surface area contributed by atoms with Gasteiger partial charge in [0.2, 0.25) is 0 Å². The van der Waals surface area contributed by atoms with E-state index < -0.39 is 33.5 Å². The Balaban J connectivity index is 2.43. The van der Waals surface area contributed by atoms with Crippen molar-refractivity contribution in [3.05, 3.63) is 33.6 Å². The number of carboxylic acid groups (broad SMARTS) is 1. The lowest BCUT2D eigenvalue weighted by molar-refractivity contribution is -0.384. The number of hydrogen-bond acceptors (Lipinski definition) is 5. The van der Waals surface area contributed by atoms with Crippen molar-refractivity contribution in [3.63, 3.8) is 0 Å². The Morgan fingerprint density at radius 3 is 2.80 bits per heavy atom. The minimum absolute atomic E-state index is 0.0505. The van der Waals surface area contributed by atoms with Crippen molar-refractivity contribution in [2.24, 2.45) is 0 Å². The molecule has 1 aromatic rings. The summed E-state index contributed by atoms with van der Waals surface area (Å²) in [4.78, 5) is 21.1. The summed E-state index contributed by atoms with van der Waals surface area (Å²) in [5, 5.41) is 22.7. The molecule has 1 atom stereocenters. The van der Waals surface area contributed by atoms with E-state index in [1.165, 1.54) is 0 Å². The van der Waals surface area contributed by atoms with Crippen LogP contribution in [0.15, 0.2) is 12.1 Å². The first-order valence-electron chi connectivity index (χ1n) is 5.89. The molecule has 108 valence electrons. The first-order chi connectivity index (χ1) is 9.32. The predicted molar refractivity (Wildman–Crippen MR) is 67.5 cm³/mol. The number of aromatic carboxylic acids is 1. The summed E-state index contributed by atoms with van der Waals surface area (Å²) in [5.41, 5.74) is -1.79. The van der Waals surface area contributed by atoms with Gasteiger partial charge in [-0.1, -0.05) is 0 Å². The summed E-state index contributed by atoms with van der Waals surface area (Å²) in [6.07, 6.45) is 0.618. The highest BCUT2D eigenvalue weighted by atomic mass is 19.1.